The number of esters is 1. The maximum atomic E-state index is 13.3. The van der Waals surface area contributed by atoms with E-state index < -0.39 is 38.1 Å². The van der Waals surface area contributed by atoms with Crippen LogP contribution in [0, 0.1) is 5.92 Å². The molecule has 306 valence electrons. The number of hydrogen-bond donors (Lipinski definition) is 0. The molecule has 2 aromatic carbocycles. The first kappa shape index (κ1) is 43.2. The first-order chi connectivity index (χ1) is 26.3. The lowest BCUT2D eigenvalue weighted by Gasteiger charge is -2.39. The number of fused-ring (bicyclic) bond motifs is 1. The van der Waals surface area contributed by atoms with Gasteiger partial charge in [0.05, 0.1) is 32.7 Å². The van der Waals surface area contributed by atoms with Crippen LogP contribution in [0.3, 0.4) is 0 Å². The number of carbonyl (C=O) groups is 1. The summed E-state index contributed by atoms with van der Waals surface area (Å²) in [6.45, 7) is 24.3. The number of ether oxygens (including phenoxy) is 7. The number of benzene rings is 2. The Hall–Kier alpha value is -3.94. The molecule has 0 bridgehead atoms. The van der Waals surface area contributed by atoms with Crippen LogP contribution in [0.5, 0.6) is 17.2 Å². The smallest absolute Gasteiger partial charge is 0.345 e. The minimum atomic E-state index is -1.97. The minimum Gasteiger partial charge on any atom is -0.497 e. The first-order valence-electron chi connectivity index (χ1n) is 19.6. The summed E-state index contributed by atoms with van der Waals surface area (Å²) in [5.74, 6) is -0.540. The Kier molecular flexibility index (Phi) is 13.6. The van der Waals surface area contributed by atoms with Crippen LogP contribution in [0.25, 0.3) is 6.08 Å². The number of carbonyl (C=O) groups excluding carboxylic acids is 1. The Labute approximate surface area is 334 Å². The van der Waals surface area contributed by atoms with Gasteiger partial charge in [-0.2, -0.15) is 0 Å². The number of imidazole rings is 1. The maximum Gasteiger partial charge on any atom is 0.345 e. The van der Waals surface area contributed by atoms with Crippen molar-refractivity contribution in [3.63, 3.8) is 0 Å². The van der Waals surface area contributed by atoms with Gasteiger partial charge in [-0.3, -0.25) is 0 Å². The van der Waals surface area contributed by atoms with Crippen molar-refractivity contribution in [2.45, 2.75) is 136 Å². The van der Waals surface area contributed by atoms with Gasteiger partial charge in [-0.25, -0.2) is 9.78 Å². The van der Waals surface area contributed by atoms with Crippen LogP contribution in [0.1, 0.15) is 90.2 Å². The van der Waals surface area contributed by atoms with E-state index in [9.17, 15) is 4.79 Å². The van der Waals surface area contributed by atoms with E-state index in [0.29, 0.717) is 48.8 Å². The minimum absolute atomic E-state index is 0.0168. The lowest BCUT2D eigenvalue weighted by molar-refractivity contribution is -0.156. The Bertz CT molecular complexity index is 1810. The van der Waals surface area contributed by atoms with Crippen molar-refractivity contribution in [1.82, 2.24) is 9.55 Å². The summed E-state index contributed by atoms with van der Waals surface area (Å²) in [5.41, 5.74) is 1.97. The molecular weight excluding hydrogens is 729 g/mol. The zero-order valence-corrected chi connectivity index (χ0v) is 36.3. The fourth-order valence-electron chi connectivity index (χ4n) is 6.39. The van der Waals surface area contributed by atoms with Crippen molar-refractivity contribution >= 4 is 20.4 Å². The van der Waals surface area contributed by atoms with Crippen molar-refractivity contribution in [1.29, 1.82) is 0 Å². The highest BCUT2D eigenvalue weighted by Crippen LogP contribution is 2.40. The van der Waals surface area contributed by atoms with Crippen molar-refractivity contribution in [2.75, 3.05) is 13.7 Å². The predicted molar refractivity (Wildman–Crippen MR) is 219 cm³/mol. The Balaban J connectivity index is 1.38. The largest absolute Gasteiger partial charge is 0.497 e. The van der Waals surface area contributed by atoms with Gasteiger partial charge in [0, 0.05) is 38.4 Å². The maximum absolute atomic E-state index is 13.3. The van der Waals surface area contributed by atoms with Crippen LogP contribution < -0.4 is 14.2 Å². The molecule has 0 amide bonds. The molecule has 2 aliphatic heterocycles. The lowest BCUT2D eigenvalue weighted by Crippen LogP contribution is -2.44. The predicted octanol–water partition coefficient (Wildman–Crippen LogP) is 9.37. The Morgan fingerprint density at radius 2 is 1.71 bits per heavy atom. The zero-order valence-electron chi connectivity index (χ0n) is 35.3. The topological polar surface area (TPSA) is 109 Å². The molecule has 2 aliphatic rings. The van der Waals surface area contributed by atoms with E-state index in [2.05, 4.69) is 64.8 Å². The molecule has 11 nitrogen and oxygen atoms in total. The van der Waals surface area contributed by atoms with Crippen LogP contribution in [0.2, 0.25) is 18.1 Å². The van der Waals surface area contributed by atoms with Gasteiger partial charge in [-0.1, -0.05) is 64.1 Å². The molecule has 0 saturated carbocycles. The van der Waals surface area contributed by atoms with Crippen LogP contribution in [0.15, 0.2) is 73.3 Å². The summed E-state index contributed by atoms with van der Waals surface area (Å²) in [4.78, 5) is 17.4. The molecular formula is C44H62N2O9Si. The van der Waals surface area contributed by atoms with E-state index in [1.807, 2.05) is 67.1 Å². The van der Waals surface area contributed by atoms with Crippen molar-refractivity contribution in [3.8, 4) is 17.2 Å². The number of methoxy groups -OCH3 is 1. The average molecular weight is 791 g/mol. The molecule has 0 spiro atoms. The second-order valence-corrected chi connectivity index (χ2v) is 21.9. The molecule has 3 heterocycles. The third kappa shape index (κ3) is 11.3. The molecule has 56 heavy (non-hydrogen) atoms. The molecule has 5 atom stereocenters. The highest BCUT2D eigenvalue weighted by Gasteiger charge is 2.45. The molecule has 0 radical (unpaired) electrons. The summed E-state index contributed by atoms with van der Waals surface area (Å²) in [7, 11) is -0.318. The van der Waals surface area contributed by atoms with E-state index in [0.717, 1.165) is 11.3 Å². The van der Waals surface area contributed by atoms with Crippen molar-refractivity contribution < 1.29 is 42.4 Å². The molecule has 0 N–H and O–H groups in total. The average Bonchev–Trinajstić information content (AvgIpc) is 3.73. The van der Waals surface area contributed by atoms with Gasteiger partial charge >= 0.3 is 5.97 Å². The normalized spacial score (nSPS) is 21.0. The summed E-state index contributed by atoms with van der Waals surface area (Å²) >= 11 is 0. The first-order valence-corrected chi connectivity index (χ1v) is 22.5. The van der Waals surface area contributed by atoms with Crippen molar-refractivity contribution in [2.24, 2.45) is 5.92 Å². The molecule has 1 saturated heterocycles. The van der Waals surface area contributed by atoms with Crippen LogP contribution in [-0.2, 0) is 36.5 Å². The quantitative estimate of drug-likeness (QED) is 0.0746. The number of nitrogens with zero attached hydrogens (tertiary/aromatic N) is 2. The zero-order chi connectivity index (χ0) is 40.9. The SMILES string of the molecule is COc1ccc(CO[C@H](/C=C\[C@@H](C)[C@H](C)O[Si](C)(C)C(C)(C)C)[C@H]2OC(C)(C)O[C@H]2C/C=C/c2cc(OCCn3ccnc3)cc3c2C(=O)OC(C)(C)O3)cc1. The van der Waals surface area contributed by atoms with Gasteiger partial charge in [-0.05, 0) is 80.6 Å². The number of aromatic nitrogens is 2. The monoisotopic (exact) mass is 790 g/mol. The van der Waals surface area contributed by atoms with E-state index in [4.69, 9.17) is 37.6 Å². The fourth-order valence-corrected chi connectivity index (χ4v) is 7.89. The molecule has 5 rings (SSSR count). The fraction of sp³-hybridized carbons (Fsp3) is 0.545. The van der Waals surface area contributed by atoms with Crippen LogP contribution >= 0.6 is 0 Å². The molecule has 0 unspecified atom stereocenters. The Morgan fingerprint density at radius 1 is 0.982 bits per heavy atom. The van der Waals surface area contributed by atoms with Crippen molar-refractivity contribution in [3.05, 3.63) is 90.0 Å². The standard InChI is InChI=1S/C44H62N2O9Si/c1-30(31(2)55-56(11,12)42(3,4)5)16-21-36(50-28-32-17-19-34(48-10)20-18-32)40-37(51-43(6,7)53-40)15-13-14-33-26-35(49-25-24-46-23-22-45-29-46)27-38-39(33)41(47)54-44(8,9)52-38/h13-14,16-23,26-27,29-31,36-37,40H,15,24-25,28H2,1-12H3/b14-13+,21-16-/t30-,31+,36-,37+,40-/m1/s1. The molecule has 3 aromatic rings. The number of hydrogen-bond acceptors (Lipinski definition) is 10. The third-order valence-corrected chi connectivity index (χ3v) is 15.2. The molecule has 1 fully saturated rings. The number of rotatable bonds is 17. The van der Waals surface area contributed by atoms with E-state index in [-0.39, 0.29) is 23.2 Å². The summed E-state index contributed by atoms with van der Waals surface area (Å²) in [5, 5.41) is 0.106. The highest BCUT2D eigenvalue weighted by molar-refractivity contribution is 6.74. The third-order valence-electron chi connectivity index (χ3n) is 10.6. The summed E-state index contributed by atoms with van der Waals surface area (Å²) in [6.07, 6.45) is 12.8. The van der Waals surface area contributed by atoms with Gasteiger partial charge in [0.15, 0.2) is 14.1 Å². The molecule has 12 heteroatoms. The second-order valence-electron chi connectivity index (χ2n) is 17.2. The van der Waals surface area contributed by atoms with Gasteiger partial charge < -0.3 is 42.2 Å². The van der Waals surface area contributed by atoms with E-state index in [1.165, 1.54) is 0 Å². The van der Waals surface area contributed by atoms with E-state index >= 15 is 0 Å². The van der Waals surface area contributed by atoms with Crippen LogP contribution in [-0.4, -0.2) is 73.5 Å². The molecule has 0 aliphatic carbocycles. The van der Waals surface area contributed by atoms with Gasteiger partial charge in [0.1, 0.15) is 41.6 Å². The highest BCUT2D eigenvalue weighted by atomic mass is 28.4. The lowest BCUT2D eigenvalue weighted by atomic mass is 9.99. The summed E-state index contributed by atoms with van der Waals surface area (Å²) in [6, 6.07) is 11.4. The van der Waals surface area contributed by atoms with Gasteiger partial charge in [-0.15, -0.1) is 0 Å². The van der Waals surface area contributed by atoms with Gasteiger partial charge in [0.25, 0.3) is 0 Å². The van der Waals surface area contributed by atoms with Gasteiger partial charge in [0.2, 0.25) is 5.79 Å². The second kappa shape index (κ2) is 17.7. The van der Waals surface area contributed by atoms with Crippen LogP contribution in [0.4, 0.5) is 0 Å². The number of cyclic esters (lactones) is 1. The molecule has 1 aromatic heterocycles. The summed E-state index contributed by atoms with van der Waals surface area (Å²) < 4.78 is 51.7. The van der Waals surface area contributed by atoms with E-state index in [1.54, 1.807) is 39.5 Å². The Morgan fingerprint density at radius 3 is 2.38 bits per heavy atom.